The Morgan fingerprint density at radius 1 is 1.31 bits per heavy atom. The molecule has 74 valence electrons. The molecule has 0 aliphatic heterocycles. The first kappa shape index (κ1) is 11.3. The number of rotatable bonds is 1. The van der Waals surface area contributed by atoms with Gasteiger partial charge in [0, 0.05) is 5.41 Å². The lowest BCUT2D eigenvalue weighted by Gasteiger charge is -2.15. The van der Waals surface area contributed by atoms with E-state index in [1.807, 2.05) is 0 Å². The second-order valence-electron chi connectivity index (χ2n) is 3.38. The molecule has 0 aliphatic rings. The summed E-state index contributed by atoms with van der Waals surface area (Å²) in [5.41, 5.74) is -1.04. The van der Waals surface area contributed by atoms with Crippen molar-refractivity contribution in [1.29, 1.82) is 0 Å². The number of nitro groups is 1. The standard InChI is InChI=1S/C6H11N3O4/c1-6(2,3)4(7-10)5(8-11)9(12)13/h10-11H,1-3H3/b7-4+,8-5+. The molecule has 0 aromatic carbocycles. The fraction of sp³-hybridized carbons (Fsp3) is 0.667. The highest BCUT2D eigenvalue weighted by molar-refractivity contribution is 6.39. The van der Waals surface area contributed by atoms with Crippen molar-refractivity contribution in [2.75, 3.05) is 0 Å². The van der Waals surface area contributed by atoms with Gasteiger partial charge in [-0.05, 0) is 4.92 Å². The van der Waals surface area contributed by atoms with Gasteiger partial charge >= 0.3 is 5.84 Å². The third kappa shape index (κ3) is 2.69. The van der Waals surface area contributed by atoms with Crippen LogP contribution < -0.4 is 0 Å². The molecule has 0 fully saturated rings. The van der Waals surface area contributed by atoms with Gasteiger partial charge in [0.05, 0.1) is 0 Å². The minimum atomic E-state index is -0.916. The Hall–Kier alpha value is -1.66. The number of hydrogen-bond donors (Lipinski definition) is 2. The Labute approximate surface area is 74.5 Å². The van der Waals surface area contributed by atoms with Gasteiger partial charge in [-0.1, -0.05) is 25.9 Å². The summed E-state index contributed by atoms with van der Waals surface area (Å²) in [5, 5.41) is 32.3. The second kappa shape index (κ2) is 3.83. The zero-order chi connectivity index (χ0) is 10.6. The summed E-state index contributed by atoms with van der Waals surface area (Å²) in [4.78, 5) is 9.38. The zero-order valence-corrected chi connectivity index (χ0v) is 7.55. The fourth-order valence-electron chi connectivity index (χ4n) is 0.700. The summed E-state index contributed by atoms with van der Waals surface area (Å²) < 4.78 is 0. The van der Waals surface area contributed by atoms with Gasteiger partial charge in [-0.25, -0.2) is 0 Å². The SMILES string of the molecule is CC(C)(C)C(=N/O)/C(=N\O)[N+](=O)[O-]. The number of nitrogens with zero attached hydrogens (tertiary/aromatic N) is 3. The van der Waals surface area contributed by atoms with E-state index >= 15 is 0 Å². The van der Waals surface area contributed by atoms with Crippen LogP contribution in [0.25, 0.3) is 0 Å². The molecule has 0 aromatic rings. The lowest BCUT2D eigenvalue weighted by atomic mass is 9.89. The fourth-order valence-corrected chi connectivity index (χ4v) is 0.700. The Morgan fingerprint density at radius 2 is 1.77 bits per heavy atom. The van der Waals surface area contributed by atoms with Gasteiger partial charge in [-0.15, -0.1) is 0 Å². The Morgan fingerprint density at radius 3 is 1.85 bits per heavy atom. The van der Waals surface area contributed by atoms with Crippen LogP contribution in [0.1, 0.15) is 20.8 Å². The Kier molecular flexibility index (Phi) is 3.34. The van der Waals surface area contributed by atoms with E-state index in [9.17, 15) is 10.1 Å². The van der Waals surface area contributed by atoms with Gasteiger partial charge in [0.1, 0.15) is 0 Å². The van der Waals surface area contributed by atoms with E-state index in [1.165, 1.54) is 0 Å². The molecule has 0 spiro atoms. The molecule has 0 aromatic heterocycles. The molecular formula is C6H11N3O4. The number of oxime groups is 2. The van der Waals surface area contributed by atoms with E-state index in [4.69, 9.17) is 10.4 Å². The van der Waals surface area contributed by atoms with E-state index in [0.29, 0.717) is 0 Å². The second-order valence-corrected chi connectivity index (χ2v) is 3.38. The van der Waals surface area contributed by atoms with Crippen molar-refractivity contribution >= 4 is 11.5 Å². The highest BCUT2D eigenvalue weighted by atomic mass is 16.6. The lowest BCUT2D eigenvalue weighted by molar-refractivity contribution is -0.348. The largest absolute Gasteiger partial charge is 0.434 e. The van der Waals surface area contributed by atoms with Crippen molar-refractivity contribution in [3.63, 3.8) is 0 Å². The molecule has 0 bridgehead atoms. The third-order valence-corrected chi connectivity index (χ3v) is 1.29. The van der Waals surface area contributed by atoms with E-state index in [1.54, 1.807) is 20.8 Å². The molecule has 0 heterocycles. The smallest absolute Gasteiger partial charge is 0.410 e. The maximum Gasteiger partial charge on any atom is 0.434 e. The molecule has 0 amide bonds. The van der Waals surface area contributed by atoms with Gasteiger partial charge in [0.2, 0.25) is 0 Å². The van der Waals surface area contributed by atoms with Crippen LogP contribution in [0.2, 0.25) is 0 Å². The first-order chi connectivity index (χ1) is 5.84. The summed E-state index contributed by atoms with van der Waals surface area (Å²) in [6, 6.07) is 0. The monoisotopic (exact) mass is 189 g/mol. The van der Waals surface area contributed by atoms with Crippen molar-refractivity contribution in [1.82, 2.24) is 0 Å². The van der Waals surface area contributed by atoms with Crippen LogP contribution in [-0.4, -0.2) is 26.9 Å². The molecule has 7 nitrogen and oxygen atoms in total. The summed E-state index contributed by atoms with van der Waals surface area (Å²) in [5.74, 6) is -0.852. The molecule has 0 saturated carbocycles. The molecule has 0 radical (unpaired) electrons. The molecule has 13 heavy (non-hydrogen) atoms. The van der Waals surface area contributed by atoms with Crippen molar-refractivity contribution in [2.45, 2.75) is 20.8 Å². The van der Waals surface area contributed by atoms with Crippen LogP contribution in [0.4, 0.5) is 0 Å². The van der Waals surface area contributed by atoms with E-state index in [0.717, 1.165) is 0 Å². The molecule has 7 heteroatoms. The average Bonchev–Trinajstić information content (AvgIpc) is 1.96. The van der Waals surface area contributed by atoms with Gasteiger partial charge in [-0.2, -0.15) is 0 Å². The zero-order valence-electron chi connectivity index (χ0n) is 7.55. The normalized spacial score (nSPS) is 14.4. The van der Waals surface area contributed by atoms with Gasteiger partial charge < -0.3 is 20.5 Å². The Balaban J connectivity index is 5.13. The van der Waals surface area contributed by atoms with Crippen LogP contribution >= 0.6 is 0 Å². The van der Waals surface area contributed by atoms with Gasteiger partial charge in [0.15, 0.2) is 10.9 Å². The number of hydrogen-bond acceptors (Lipinski definition) is 6. The van der Waals surface area contributed by atoms with Crippen molar-refractivity contribution in [3.8, 4) is 0 Å². The van der Waals surface area contributed by atoms with Gasteiger partial charge in [-0.3, -0.25) is 0 Å². The van der Waals surface area contributed by atoms with Crippen molar-refractivity contribution < 1.29 is 15.3 Å². The minimum absolute atomic E-state index is 0.278. The molecular weight excluding hydrogens is 178 g/mol. The molecule has 2 N–H and O–H groups in total. The topological polar surface area (TPSA) is 108 Å². The highest BCUT2D eigenvalue weighted by Crippen LogP contribution is 2.17. The van der Waals surface area contributed by atoms with Gasteiger partial charge in [0.25, 0.3) is 0 Å². The predicted octanol–water partition coefficient (Wildman–Crippen LogP) is 0.927. The summed E-state index contributed by atoms with van der Waals surface area (Å²) in [6.45, 7) is 4.78. The molecule has 0 rings (SSSR count). The van der Waals surface area contributed by atoms with E-state index in [2.05, 4.69) is 10.3 Å². The van der Waals surface area contributed by atoms with E-state index in [-0.39, 0.29) is 5.71 Å². The first-order valence-corrected chi connectivity index (χ1v) is 3.44. The average molecular weight is 189 g/mol. The quantitative estimate of drug-likeness (QED) is 0.210. The predicted molar refractivity (Wildman–Crippen MR) is 44.9 cm³/mol. The Bertz CT molecular complexity index is 264. The summed E-state index contributed by atoms with van der Waals surface area (Å²) in [6.07, 6.45) is 0. The maximum atomic E-state index is 10.3. The third-order valence-electron chi connectivity index (χ3n) is 1.29. The van der Waals surface area contributed by atoms with Crippen molar-refractivity contribution in [2.24, 2.45) is 15.7 Å². The van der Waals surface area contributed by atoms with Crippen molar-refractivity contribution in [3.05, 3.63) is 10.1 Å². The molecule has 0 atom stereocenters. The maximum absolute atomic E-state index is 10.3. The van der Waals surface area contributed by atoms with Crippen LogP contribution in [0.15, 0.2) is 10.3 Å². The minimum Gasteiger partial charge on any atom is -0.410 e. The van der Waals surface area contributed by atoms with Crippen LogP contribution in [0.5, 0.6) is 0 Å². The molecule has 0 unspecified atom stereocenters. The molecule has 0 aliphatic carbocycles. The number of amidine groups is 1. The van der Waals surface area contributed by atoms with Crippen LogP contribution in [0, 0.1) is 15.5 Å². The van der Waals surface area contributed by atoms with E-state index < -0.39 is 16.2 Å². The molecule has 0 saturated heterocycles. The van der Waals surface area contributed by atoms with Crippen LogP contribution in [0.3, 0.4) is 0 Å². The first-order valence-electron chi connectivity index (χ1n) is 3.44. The van der Waals surface area contributed by atoms with Crippen LogP contribution in [-0.2, 0) is 0 Å². The summed E-state index contributed by atoms with van der Waals surface area (Å²) >= 11 is 0. The lowest BCUT2D eigenvalue weighted by Crippen LogP contribution is -2.34. The highest BCUT2D eigenvalue weighted by Gasteiger charge is 2.33. The summed E-state index contributed by atoms with van der Waals surface area (Å²) in [7, 11) is 0.